The van der Waals surface area contributed by atoms with E-state index in [9.17, 15) is 9.59 Å². The molecule has 3 heterocycles. The molecule has 1 aliphatic heterocycles. The molecule has 1 saturated heterocycles. The Hall–Kier alpha value is -1.25. The Kier molecular flexibility index (Phi) is 6.24. The monoisotopic (exact) mass is 441 g/mol. The van der Waals surface area contributed by atoms with Crippen LogP contribution < -0.4 is 5.32 Å². The number of carbonyl (C=O) groups is 2. The van der Waals surface area contributed by atoms with Gasteiger partial charge < -0.3 is 10.2 Å². The number of hydrogen-bond donors (Lipinski definition) is 1. The molecule has 0 bridgehead atoms. The van der Waals surface area contributed by atoms with E-state index >= 15 is 0 Å². The van der Waals surface area contributed by atoms with Crippen molar-refractivity contribution in [2.24, 2.45) is 5.92 Å². The summed E-state index contributed by atoms with van der Waals surface area (Å²) in [4.78, 5) is 32.3. The summed E-state index contributed by atoms with van der Waals surface area (Å²) in [5.74, 6) is -0.136. The molecular formula is C17H20BrN3O2S2. The van der Waals surface area contributed by atoms with Crippen LogP contribution >= 0.6 is 38.6 Å². The smallest absolute Gasteiger partial charge is 0.273 e. The number of thiophene rings is 1. The third-order valence-electron chi connectivity index (χ3n) is 4.13. The zero-order valence-corrected chi connectivity index (χ0v) is 17.2. The lowest BCUT2D eigenvalue weighted by atomic mass is 9.97. The summed E-state index contributed by atoms with van der Waals surface area (Å²) in [7, 11) is 0. The maximum atomic E-state index is 12.8. The maximum absolute atomic E-state index is 12.8. The lowest BCUT2D eigenvalue weighted by molar-refractivity contribution is -0.126. The van der Waals surface area contributed by atoms with Gasteiger partial charge in [-0.25, -0.2) is 4.98 Å². The van der Waals surface area contributed by atoms with E-state index in [0.717, 1.165) is 33.6 Å². The molecule has 1 aliphatic rings. The summed E-state index contributed by atoms with van der Waals surface area (Å²) in [6.07, 6.45) is 2.61. The van der Waals surface area contributed by atoms with Crippen molar-refractivity contribution in [2.75, 3.05) is 19.6 Å². The summed E-state index contributed by atoms with van der Waals surface area (Å²) in [5.41, 5.74) is 0.471. The van der Waals surface area contributed by atoms with E-state index in [2.05, 4.69) is 26.2 Å². The van der Waals surface area contributed by atoms with Crippen molar-refractivity contribution in [2.45, 2.75) is 26.2 Å². The number of thiazole rings is 1. The molecule has 2 amide bonds. The quantitative estimate of drug-likeness (QED) is 0.761. The number of hydrogen-bond acceptors (Lipinski definition) is 5. The van der Waals surface area contributed by atoms with Crippen molar-refractivity contribution in [3.8, 4) is 9.88 Å². The summed E-state index contributed by atoms with van der Waals surface area (Å²) in [6.45, 7) is 3.89. The molecule has 1 fully saturated rings. The molecule has 5 nitrogen and oxygen atoms in total. The van der Waals surface area contributed by atoms with Gasteiger partial charge in [0.25, 0.3) is 5.91 Å². The first-order chi connectivity index (χ1) is 12.1. The molecule has 134 valence electrons. The van der Waals surface area contributed by atoms with Crippen LogP contribution in [0.3, 0.4) is 0 Å². The highest BCUT2D eigenvalue weighted by molar-refractivity contribution is 9.10. The highest BCUT2D eigenvalue weighted by atomic mass is 79.9. The van der Waals surface area contributed by atoms with Gasteiger partial charge in [0.05, 0.1) is 10.8 Å². The average Bonchev–Trinajstić information content (AvgIpc) is 3.28. The second-order valence-corrected chi connectivity index (χ2v) is 8.73. The van der Waals surface area contributed by atoms with E-state index in [1.807, 2.05) is 23.8 Å². The third-order valence-corrected chi connectivity index (χ3v) is 6.83. The minimum Gasteiger partial charge on any atom is -0.356 e. The van der Waals surface area contributed by atoms with E-state index in [-0.39, 0.29) is 17.7 Å². The molecule has 0 saturated carbocycles. The van der Waals surface area contributed by atoms with Crippen LogP contribution in [-0.2, 0) is 4.79 Å². The maximum Gasteiger partial charge on any atom is 0.273 e. The van der Waals surface area contributed by atoms with Crippen LogP contribution in [0.1, 0.15) is 36.7 Å². The normalized spacial score (nSPS) is 17.5. The lowest BCUT2D eigenvalue weighted by Crippen LogP contribution is -2.45. The fourth-order valence-corrected chi connectivity index (χ4v) is 5.14. The fourth-order valence-electron chi connectivity index (χ4n) is 2.84. The number of likely N-dealkylation sites (tertiary alicyclic amines) is 1. The Morgan fingerprint density at radius 2 is 2.24 bits per heavy atom. The van der Waals surface area contributed by atoms with Crippen LogP contribution in [0.2, 0.25) is 0 Å². The number of carbonyl (C=O) groups excluding carboxylic acids is 2. The molecule has 8 heteroatoms. The lowest BCUT2D eigenvalue weighted by Gasteiger charge is -2.31. The van der Waals surface area contributed by atoms with Gasteiger partial charge in [-0.05, 0) is 41.3 Å². The van der Waals surface area contributed by atoms with Gasteiger partial charge in [0.2, 0.25) is 5.91 Å². The Morgan fingerprint density at radius 3 is 2.96 bits per heavy atom. The molecule has 1 unspecified atom stereocenters. The minimum absolute atomic E-state index is 0.0572. The van der Waals surface area contributed by atoms with Crippen LogP contribution in [0, 0.1) is 5.92 Å². The zero-order chi connectivity index (χ0) is 17.8. The van der Waals surface area contributed by atoms with Gasteiger partial charge in [0.1, 0.15) is 10.7 Å². The summed E-state index contributed by atoms with van der Waals surface area (Å²) < 4.78 is 1.02. The molecule has 1 N–H and O–H groups in total. The van der Waals surface area contributed by atoms with Crippen LogP contribution in [0.25, 0.3) is 9.88 Å². The fraction of sp³-hybridized carbons (Fsp3) is 0.471. The number of amides is 2. The van der Waals surface area contributed by atoms with Crippen LogP contribution in [0.4, 0.5) is 0 Å². The van der Waals surface area contributed by atoms with Gasteiger partial charge in [0.15, 0.2) is 0 Å². The molecular weight excluding hydrogens is 422 g/mol. The van der Waals surface area contributed by atoms with E-state index in [0.29, 0.717) is 25.3 Å². The Labute approximate surface area is 163 Å². The van der Waals surface area contributed by atoms with Crippen molar-refractivity contribution in [1.29, 1.82) is 0 Å². The number of nitrogens with zero attached hydrogens (tertiary/aromatic N) is 2. The largest absolute Gasteiger partial charge is 0.356 e. The van der Waals surface area contributed by atoms with E-state index in [1.165, 1.54) is 11.3 Å². The summed E-state index contributed by atoms with van der Waals surface area (Å²) in [5, 5.41) is 7.60. The Balaban J connectivity index is 1.66. The van der Waals surface area contributed by atoms with Crippen molar-refractivity contribution in [3.63, 3.8) is 0 Å². The highest BCUT2D eigenvalue weighted by Gasteiger charge is 2.29. The van der Waals surface area contributed by atoms with E-state index in [1.54, 1.807) is 16.2 Å². The van der Waals surface area contributed by atoms with Crippen molar-refractivity contribution >= 4 is 50.4 Å². The molecule has 25 heavy (non-hydrogen) atoms. The molecule has 0 spiro atoms. The van der Waals surface area contributed by atoms with Gasteiger partial charge in [-0.1, -0.05) is 6.92 Å². The second-order valence-electron chi connectivity index (χ2n) is 6.05. The van der Waals surface area contributed by atoms with Gasteiger partial charge in [-0.15, -0.1) is 22.7 Å². The Morgan fingerprint density at radius 1 is 1.40 bits per heavy atom. The molecule has 0 radical (unpaired) electrons. The molecule has 1 atom stereocenters. The number of piperidine rings is 1. The zero-order valence-electron chi connectivity index (χ0n) is 14.0. The van der Waals surface area contributed by atoms with Gasteiger partial charge in [-0.2, -0.15) is 0 Å². The van der Waals surface area contributed by atoms with Gasteiger partial charge in [-0.3, -0.25) is 9.59 Å². The predicted molar refractivity (Wildman–Crippen MR) is 105 cm³/mol. The average molecular weight is 442 g/mol. The van der Waals surface area contributed by atoms with Crippen LogP contribution in [0.5, 0.6) is 0 Å². The SMILES string of the molecule is CCCNC(=O)C1CCCN(C(=O)c2csc(-c3cc(Br)cs3)n2)C1. The van der Waals surface area contributed by atoms with Crippen molar-refractivity contribution in [3.05, 3.63) is 27.0 Å². The standard InChI is InChI=1S/C17H20BrN3O2S2/c1-2-5-19-15(22)11-4-3-6-21(8-11)17(23)13-10-25-16(20-13)14-7-12(18)9-24-14/h7,9-11H,2-6,8H2,1H3,(H,19,22). The topological polar surface area (TPSA) is 62.3 Å². The first-order valence-corrected chi connectivity index (χ1v) is 10.9. The molecule has 2 aromatic rings. The predicted octanol–water partition coefficient (Wildman–Crippen LogP) is 4.01. The number of aromatic nitrogens is 1. The van der Waals surface area contributed by atoms with E-state index < -0.39 is 0 Å². The minimum atomic E-state index is -0.115. The number of halogens is 1. The molecule has 3 rings (SSSR count). The van der Waals surface area contributed by atoms with Crippen molar-refractivity contribution < 1.29 is 9.59 Å². The molecule has 2 aromatic heterocycles. The third kappa shape index (κ3) is 4.48. The second kappa shape index (κ2) is 8.42. The van der Waals surface area contributed by atoms with E-state index in [4.69, 9.17) is 0 Å². The van der Waals surface area contributed by atoms with Gasteiger partial charge in [0, 0.05) is 34.9 Å². The van der Waals surface area contributed by atoms with Crippen LogP contribution in [0.15, 0.2) is 21.3 Å². The molecule has 0 aliphatic carbocycles. The highest BCUT2D eigenvalue weighted by Crippen LogP contribution is 2.32. The van der Waals surface area contributed by atoms with Gasteiger partial charge >= 0.3 is 0 Å². The van der Waals surface area contributed by atoms with Crippen LogP contribution in [-0.4, -0.2) is 41.3 Å². The summed E-state index contributed by atoms with van der Waals surface area (Å²) in [6, 6.07) is 2.01. The first kappa shape index (κ1) is 18.5. The number of nitrogens with one attached hydrogen (secondary N) is 1. The number of rotatable bonds is 5. The van der Waals surface area contributed by atoms with Crippen molar-refractivity contribution in [1.82, 2.24) is 15.2 Å². The molecule has 0 aromatic carbocycles. The summed E-state index contributed by atoms with van der Waals surface area (Å²) >= 11 is 6.52. The Bertz CT molecular complexity index is 759. The first-order valence-electron chi connectivity index (χ1n) is 8.35.